The summed E-state index contributed by atoms with van der Waals surface area (Å²) in [7, 11) is 0. The van der Waals surface area contributed by atoms with Gasteiger partial charge in [0.25, 0.3) is 0 Å². The van der Waals surface area contributed by atoms with Gasteiger partial charge in [0.05, 0.1) is 0 Å². The molecular weight excluding hydrogens is 634 g/mol. The summed E-state index contributed by atoms with van der Waals surface area (Å²) in [6, 6.07) is 8.18. The highest BCUT2D eigenvalue weighted by Crippen LogP contribution is 2.15. The first-order valence-electron chi connectivity index (χ1n) is 17.7. The minimum atomic E-state index is -1.03. The molecule has 1 rings (SSSR count). The lowest BCUT2D eigenvalue weighted by molar-refractivity contribution is -0.156. The van der Waals surface area contributed by atoms with Crippen molar-refractivity contribution in [1.82, 2.24) is 16.0 Å². The number of thioether (sulfide) groups is 1. The third-order valence-corrected chi connectivity index (χ3v) is 8.23. The van der Waals surface area contributed by atoms with Gasteiger partial charge in [0, 0.05) is 24.6 Å². The molecule has 2 atom stereocenters. The molecule has 0 saturated heterocycles. The van der Waals surface area contributed by atoms with Crippen molar-refractivity contribution in [2.24, 2.45) is 0 Å². The summed E-state index contributed by atoms with van der Waals surface area (Å²) in [5, 5.41) is 8.13. The predicted octanol–water partition coefficient (Wildman–Crippen LogP) is 7.90. The van der Waals surface area contributed by atoms with Gasteiger partial charge in [0.1, 0.15) is 31.0 Å². The summed E-state index contributed by atoms with van der Waals surface area (Å²) >= 11 is 1.26. The second-order valence-corrected chi connectivity index (χ2v) is 13.9. The molecule has 1 aromatic carbocycles. The van der Waals surface area contributed by atoms with Crippen LogP contribution in [0.1, 0.15) is 117 Å². The molecule has 0 bridgehead atoms. The van der Waals surface area contributed by atoms with Crippen LogP contribution in [-0.2, 0) is 30.3 Å². The van der Waals surface area contributed by atoms with Crippen molar-refractivity contribution in [3.05, 3.63) is 35.9 Å². The summed E-state index contributed by atoms with van der Waals surface area (Å²) in [5.41, 5.74) is 0.0353. The highest BCUT2D eigenvalue weighted by Gasteiger charge is 2.28. The van der Waals surface area contributed by atoms with Gasteiger partial charge in [0.2, 0.25) is 0 Å². The van der Waals surface area contributed by atoms with Crippen LogP contribution in [0.15, 0.2) is 30.3 Å². The van der Waals surface area contributed by atoms with Gasteiger partial charge in [0.15, 0.2) is 0 Å². The minimum Gasteiger partial charge on any atom is -0.458 e. The summed E-state index contributed by atoms with van der Waals surface area (Å²) in [4.78, 5) is 50.5. The van der Waals surface area contributed by atoms with Gasteiger partial charge < -0.3 is 34.9 Å². The van der Waals surface area contributed by atoms with Crippen LogP contribution in [0.25, 0.3) is 0 Å². The number of hydrogen-bond donors (Lipinski definition) is 3. The normalized spacial score (nSPS) is 12.4. The van der Waals surface area contributed by atoms with E-state index in [0.29, 0.717) is 13.1 Å². The zero-order valence-corrected chi connectivity index (χ0v) is 30.8. The van der Waals surface area contributed by atoms with Crippen molar-refractivity contribution in [1.29, 1.82) is 0 Å². The number of alkyl carbamates (subject to hydrolysis) is 3. The molecule has 0 aliphatic carbocycles. The average Bonchev–Trinajstić information content (AvgIpc) is 3.04. The van der Waals surface area contributed by atoms with E-state index < -0.39 is 42.0 Å². The standard InChI is InChI=1S/C36H61N3O8S/c1-6-8-10-12-14-19-23-37-33(41)45-26-30(46-34(42)38-24-20-15-13-11-9-7-2)27-48-28-31(32(40)47-36(3,4)5)39-35(43)44-25-29-21-17-16-18-22-29/h16-18,21-22,30-31H,6-15,19-20,23-28H2,1-5H3,(H,37,41)(H,38,42)(H,39,43)/t30-,31+/m1/s1. The predicted molar refractivity (Wildman–Crippen MR) is 191 cm³/mol. The molecule has 12 heteroatoms. The molecule has 48 heavy (non-hydrogen) atoms. The Labute approximate surface area is 292 Å². The Morgan fingerprint density at radius 1 is 0.708 bits per heavy atom. The SMILES string of the molecule is CCCCCCCCNC(=O)OC[C@H](CSC[C@H](NC(=O)OCc1ccccc1)C(=O)OC(C)(C)C)OC(=O)NCCCCCCCC. The van der Waals surface area contributed by atoms with Crippen LogP contribution in [0.3, 0.4) is 0 Å². The van der Waals surface area contributed by atoms with Gasteiger partial charge in [-0.05, 0) is 39.2 Å². The van der Waals surface area contributed by atoms with E-state index in [9.17, 15) is 19.2 Å². The van der Waals surface area contributed by atoms with E-state index in [1.807, 2.05) is 30.3 Å². The van der Waals surface area contributed by atoms with Gasteiger partial charge in [-0.3, -0.25) is 0 Å². The number of amides is 3. The van der Waals surface area contributed by atoms with Gasteiger partial charge in [-0.2, -0.15) is 11.8 Å². The van der Waals surface area contributed by atoms with Crippen molar-refractivity contribution in [3.63, 3.8) is 0 Å². The second-order valence-electron chi connectivity index (χ2n) is 12.8. The van der Waals surface area contributed by atoms with Crippen molar-refractivity contribution in [2.45, 2.75) is 136 Å². The molecule has 0 fully saturated rings. The number of rotatable bonds is 25. The van der Waals surface area contributed by atoms with Crippen molar-refractivity contribution >= 4 is 36.0 Å². The molecule has 1 aromatic rings. The van der Waals surface area contributed by atoms with Gasteiger partial charge >= 0.3 is 24.2 Å². The van der Waals surface area contributed by atoms with E-state index in [0.717, 1.165) is 44.1 Å². The zero-order chi connectivity index (χ0) is 35.5. The van der Waals surface area contributed by atoms with E-state index in [4.69, 9.17) is 18.9 Å². The number of unbranched alkanes of at least 4 members (excludes halogenated alkanes) is 10. The largest absolute Gasteiger partial charge is 0.458 e. The lowest BCUT2D eigenvalue weighted by atomic mass is 10.1. The third-order valence-electron chi connectivity index (χ3n) is 7.06. The molecule has 0 heterocycles. The Morgan fingerprint density at radius 2 is 1.27 bits per heavy atom. The number of esters is 1. The van der Waals surface area contributed by atoms with Crippen molar-refractivity contribution in [3.8, 4) is 0 Å². The van der Waals surface area contributed by atoms with Crippen LogP contribution in [0.2, 0.25) is 0 Å². The maximum Gasteiger partial charge on any atom is 0.408 e. The monoisotopic (exact) mass is 695 g/mol. The van der Waals surface area contributed by atoms with Crippen LogP contribution in [0.4, 0.5) is 14.4 Å². The fourth-order valence-corrected chi connectivity index (χ4v) is 5.50. The topological polar surface area (TPSA) is 141 Å². The minimum absolute atomic E-state index is 0.0445. The quantitative estimate of drug-likeness (QED) is 0.0529. The Balaban J connectivity index is 2.72. The zero-order valence-electron chi connectivity index (χ0n) is 29.9. The van der Waals surface area contributed by atoms with E-state index >= 15 is 0 Å². The Kier molecular flexibility index (Phi) is 23.9. The first-order chi connectivity index (χ1) is 23.0. The molecule has 0 aromatic heterocycles. The fourth-order valence-electron chi connectivity index (χ4n) is 4.49. The van der Waals surface area contributed by atoms with Gasteiger partial charge in [-0.25, -0.2) is 19.2 Å². The van der Waals surface area contributed by atoms with Gasteiger partial charge in [-0.1, -0.05) is 108 Å². The van der Waals surface area contributed by atoms with Gasteiger partial charge in [-0.15, -0.1) is 0 Å². The number of carbonyl (C=O) groups is 4. The molecule has 3 amide bonds. The Hall–Kier alpha value is -3.15. The number of ether oxygens (including phenoxy) is 4. The lowest BCUT2D eigenvalue weighted by Crippen LogP contribution is -2.46. The molecule has 0 radical (unpaired) electrons. The summed E-state index contributed by atoms with van der Waals surface area (Å²) in [6.45, 7) is 10.4. The highest BCUT2D eigenvalue weighted by atomic mass is 32.2. The smallest absolute Gasteiger partial charge is 0.408 e. The molecule has 11 nitrogen and oxygen atoms in total. The van der Waals surface area contributed by atoms with E-state index in [-0.39, 0.29) is 24.7 Å². The Morgan fingerprint density at radius 3 is 1.85 bits per heavy atom. The highest BCUT2D eigenvalue weighted by molar-refractivity contribution is 7.99. The summed E-state index contributed by atoms with van der Waals surface area (Å²) in [6.07, 6.45) is 10.5. The number of nitrogens with one attached hydrogen (secondary N) is 3. The van der Waals surface area contributed by atoms with Crippen molar-refractivity contribution < 1.29 is 38.1 Å². The van der Waals surface area contributed by atoms with Crippen LogP contribution in [-0.4, -0.2) is 73.2 Å². The van der Waals surface area contributed by atoms with E-state index in [1.165, 1.54) is 50.3 Å². The average molecular weight is 696 g/mol. The summed E-state index contributed by atoms with van der Waals surface area (Å²) in [5.74, 6) is -0.306. The van der Waals surface area contributed by atoms with Crippen LogP contribution in [0.5, 0.6) is 0 Å². The number of hydrogen-bond acceptors (Lipinski definition) is 9. The first kappa shape index (κ1) is 42.9. The van der Waals surface area contributed by atoms with Crippen LogP contribution in [0, 0.1) is 0 Å². The summed E-state index contributed by atoms with van der Waals surface area (Å²) < 4.78 is 21.8. The molecule has 0 aliphatic rings. The second kappa shape index (κ2) is 26.8. The first-order valence-corrected chi connectivity index (χ1v) is 18.8. The fraction of sp³-hybridized carbons (Fsp3) is 0.722. The molecule has 274 valence electrons. The molecule has 0 saturated carbocycles. The third kappa shape index (κ3) is 24.1. The number of carbonyl (C=O) groups excluding carboxylic acids is 4. The van der Waals surface area contributed by atoms with Crippen LogP contribution >= 0.6 is 11.8 Å². The van der Waals surface area contributed by atoms with E-state index in [2.05, 4.69) is 29.8 Å². The molecule has 0 spiro atoms. The number of benzene rings is 1. The molecule has 3 N–H and O–H groups in total. The molecule has 0 aliphatic heterocycles. The molecule has 0 unspecified atom stereocenters. The lowest BCUT2D eigenvalue weighted by Gasteiger charge is -2.25. The Bertz CT molecular complexity index is 1020. The maximum atomic E-state index is 13.0. The van der Waals surface area contributed by atoms with Crippen molar-refractivity contribution in [2.75, 3.05) is 31.2 Å². The van der Waals surface area contributed by atoms with Crippen LogP contribution < -0.4 is 16.0 Å². The molecular formula is C36H61N3O8S. The maximum absolute atomic E-state index is 13.0. The van der Waals surface area contributed by atoms with E-state index in [1.54, 1.807) is 20.8 Å².